The second-order valence-electron chi connectivity index (χ2n) is 5.34. The van der Waals surface area contributed by atoms with Gasteiger partial charge in [0.2, 0.25) is 0 Å². The molecule has 0 saturated carbocycles. The van der Waals surface area contributed by atoms with E-state index in [9.17, 15) is 0 Å². The Morgan fingerprint density at radius 2 is 1.90 bits per heavy atom. The monoisotopic (exact) mass is 286 g/mol. The lowest BCUT2D eigenvalue weighted by atomic mass is 9.99. The van der Waals surface area contributed by atoms with Crippen LogP contribution in [0.15, 0.2) is 36.7 Å². The highest BCUT2D eigenvalue weighted by molar-refractivity contribution is 5.44. The van der Waals surface area contributed by atoms with Gasteiger partial charge < -0.3 is 15.2 Å². The molecule has 4 heteroatoms. The standard InChI is InChI=1S/C17H22N2O2/c1-11(2)21-14-8-13(9-19-10-14)17(18)15-6-5-12(3)7-16(15)20-4/h5-11,17H,18H2,1-4H3. The van der Waals surface area contributed by atoms with Crippen LogP contribution in [0, 0.1) is 6.92 Å². The fourth-order valence-electron chi connectivity index (χ4n) is 2.20. The molecule has 0 spiro atoms. The lowest BCUT2D eigenvalue weighted by Gasteiger charge is -2.17. The van der Waals surface area contributed by atoms with Crippen LogP contribution in [-0.4, -0.2) is 18.2 Å². The maximum Gasteiger partial charge on any atom is 0.138 e. The van der Waals surface area contributed by atoms with E-state index in [2.05, 4.69) is 4.98 Å². The van der Waals surface area contributed by atoms with Crippen molar-refractivity contribution in [1.29, 1.82) is 0 Å². The Morgan fingerprint density at radius 1 is 1.14 bits per heavy atom. The van der Waals surface area contributed by atoms with Crippen LogP contribution < -0.4 is 15.2 Å². The second kappa shape index (κ2) is 6.59. The number of nitrogens with two attached hydrogens (primary N) is 1. The van der Waals surface area contributed by atoms with Crippen molar-refractivity contribution in [2.75, 3.05) is 7.11 Å². The Morgan fingerprint density at radius 3 is 2.57 bits per heavy atom. The third-order valence-corrected chi connectivity index (χ3v) is 3.19. The lowest BCUT2D eigenvalue weighted by Crippen LogP contribution is -2.14. The number of hydrogen-bond donors (Lipinski definition) is 1. The van der Waals surface area contributed by atoms with Crippen LogP contribution in [0.25, 0.3) is 0 Å². The average Bonchev–Trinajstić information content (AvgIpc) is 2.46. The fourth-order valence-corrected chi connectivity index (χ4v) is 2.20. The molecule has 21 heavy (non-hydrogen) atoms. The van der Waals surface area contributed by atoms with Crippen LogP contribution in [0.4, 0.5) is 0 Å². The molecular formula is C17H22N2O2. The van der Waals surface area contributed by atoms with E-state index in [-0.39, 0.29) is 12.1 Å². The smallest absolute Gasteiger partial charge is 0.138 e. The molecule has 1 aromatic carbocycles. The molecule has 2 rings (SSSR count). The van der Waals surface area contributed by atoms with Crippen LogP contribution in [0.3, 0.4) is 0 Å². The van der Waals surface area contributed by atoms with Gasteiger partial charge in [-0.15, -0.1) is 0 Å². The molecule has 0 bridgehead atoms. The minimum Gasteiger partial charge on any atom is -0.496 e. The zero-order valence-corrected chi connectivity index (χ0v) is 13.0. The summed E-state index contributed by atoms with van der Waals surface area (Å²) in [6.45, 7) is 5.99. The van der Waals surface area contributed by atoms with Crippen LogP contribution in [0.5, 0.6) is 11.5 Å². The maximum atomic E-state index is 6.37. The summed E-state index contributed by atoms with van der Waals surface area (Å²) in [5.74, 6) is 1.52. The molecule has 1 heterocycles. The normalized spacial score (nSPS) is 12.3. The van der Waals surface area contributed by atoms with Crippen LogP contribution >= 0.6 is 0 Å². The van der Waals surface area contributed by atoms with Gasteiger partial charge in [0.1, 0.15) is 11.5 Å². The molecule has 0 aliphatic carbocycles. The first-order chi connectivity index (χ1) is 10.0. The topological polar surface area (TPSA) is 57.4 Å². The highest BCUT2D eigenvalue weighted by Gasteiger charge is 2.15. The first-order valence-corrected chi connectivity index (χ1v) is 7.03. The number of aromatic nitrogens is 1. The number of ether oxygens (including phenoxy) is 2. The zero-order valence-electron chi connectivity index (χ0n) is 13.0. The molecule has 112 valence electrons. The quantitative estimate of drug-likeness (QED) is 0.916. The highest BCUT2D eigenvalue weighted by Crippen LogP contribution is 2.30. The van der Waals surface area contributed by atoms with Gasteiger partial charge in [0.05, 0.1) is 25.5 Å². The number of methoxy groups -OCH3 is 1. The maximum absolute atomic E-state index is 6.37. The summed E-state index contributed by atoms with van der Waals surface area (Å²) in [5, 5.41) is 0. The number of pyridine rings is 1. The van der Waals surface area contributed by atoms with Gasteiger partial charge in [0.15, 0.2) is 0 Å². The predicted molar refractivity (Wildman–Crippen MR) is 83.8 cm³/mol. The largest absolute Gasteiger partial charge is 0.496 e. The third kappa shape index (κ3) is 3.73. The van der Waals surface area contributed by atoms with Crippen molar-refractivity contribution >= 4 is 0 Å². The minimum atomic E-state index is -0.302. The summed E-state index contributed by atoms with van der Waals surface area (Å²) in [7, 11) is 1.65. The van der Waals surface area contributed by atoms with Crippen molar-refractivity contribution in [2.24, 2.45) is 5.73 Å². The zero-order chi connectivity index (χ0) is 15.4. The summed E-state index contributed by atoms with van der Waals surface area (Å²) in [6.07, 6.45) is 3.56. The molecule has 0 aliphatic rings. The molecule has 0 aliphatic heterocycles. The van der Waals surface area contributed by atoms with E-state index in [1.165, 1.54) is 0 Å². The third-order valence-electron chi connectivity index (χ3n) is 3.19. The van der Waals surface area contributed by atoms with E-state index in [1.54, 1.807) is 19.5 Å². The van der Waals surface area contributed by atoms with Crippen LogP contribution in [0.1, 0.15) is 36.6 Å². The summed E-state index contributed by atoms with van der Waals surface area (Å²) in [6, 6.07) is 7.63. The summed E-state index contributed by atoms with van der Waals surface area (Å²) < 4.78 is 11.1. The van der Waals surface area contributed by atoms with Gasteiger partial charge in [-0.1, -0.05) is 12.1 Å². The van der Waals surface area contributed by atoms with Crippen molar-refractivity contribution < 1.29 is 9.47 Å². The SMILES string of the molecule is COc1cc(C)ccc1C(N)c1cncc(OC(C)C)c1. The molecule has 1 atom stereocenters. The van der Waals surface area contributed by atoms with E-state index in [0.717, 1.165) is 28.2 Å². The van der Waals surface area contributed by atoms with Crippen molar-refractivity contribution in [1.82, 2.24) is 4.98 Å². The number of nitrogens with zero attached hydrogens (tertiary/aromatic N) is 1. The number of hydrogen-bond acceptors (Lipinski definition) is 4. The molecule has 1 unspecified atom stereocenters. The average molecular weight is 286 g/mol. The summed E-state index contributed by atoms with van der Waals surface area (Å²) in [4.78, 5) is 4.21. The number of rotatable bonds is 5. The Balaban J connectivity index is 2.33. The van der Waals surface area contributed by atoms with Crippen LogP contribution in [-0.2, 0) is 0 Å². The van der Waals surface area contributed by atoms with Gasteiger partial charge in [-0.05, 0) is 44.0 Å². The van der Waals surface area contributed by atoms with E-state index < -0.39 is 0 Å². The molecule has 1 aromatic heterocycles. The van der Waals surface area contributed by atoms with Gasteiger partial charge in [0.25, 0.3) is 0 Å². The van der Waals surface area contributed by atoms with Crippen molar-refractivity contribution in [3.05, 3.63) is 53.3 Å². The summed E-state index contributed by atoms with van der Waals surface area (Å²) in [5.41, 5.74) is 9.34. The molecule has 0 radical (unpaired) electrons. The van der Waals surface area contributed by atoms with E-state index in [4.69, 9.17) is 15.2 Å². The van der Waals surface area contributed by atoms with E-state index in [1.807, 2.05) is 45.0 Å². The van der Waals surface area contributed by atoms with Gasteiger partial charge in [-0.2, -0.15) is 0 Å². The molecule has 0 fully saturated rings. The Kier molecular flexibility index (Phi) is 4.81. The molecule has 0 amide bonds. The molecule has 4 nitrogen and oxygen atoms in total. The predicted octanol–water partition coefficient (Wildman–Crippen LogP) is 3.23. The van der Waals surface area contributed by atoms with Gasteiger partial charge in [-0.25, -0.2) is 0 Å². The van der Waals surface area contributed by atoms with Gasteiger partial charge in [-0.3, -0.25) is 4.98 Å². The Hall–Kier alpha value is -2.07. The lowest BCUT2D eigenvalue weighted by molar-refractivity contribution is 0.241. The minimum absolute atomic E-state index is 0.104. The number of benzene rings is 1. The van der Waals surface area contributed by atoms with Crippen molar-refractivity contribution in [2.45, 2.75) is 32.9 Å². The van der Waals surface area contributed by atoms with E-state index >= 15 is 0 Å². The first-order valence-electron chi connectivity index (χ1n) is 7.03. The molecular weight excluding hydrogens is 264 g/mol. The van der Waals surface area contributed by atoms with E-state index in [0.29, 0.717) is 0 Å². The van der Waals surface area contributed by atoms with Crippen molar-refractivity contribution in [3.63, 3.8) is 0 Å². The second-order valence-corrected chi connectivity index (χ2v) is 5.34. The number of aryl methyl sites for hydroxylation is 1. The Bertz CT molecular complexity index is 611. The first kappa shape index (κ1) is 15.3. The van der Waals surface area contributed by atoms with Gasteiger partial charge in [0, 0.05) is 11.8 Å². The summed E-state index contributed by atoms with van der Waals surface area (Å²) >= 11 is 0. The fraction of sp³-hybridized carbons (Fsp3) is 0.353. The highest BCUT2D eigenvalue weighted by atomic mass is 16.5. The molecule has 2 N–H and O–H groups in total. The van der Waals surface area contributed by atoms with Crippen molar-refractivity contribution in [3.8, 4) is 11.5 Å². The molecule has 2 aromatic rings. The molecule has 0 saturated heterocycles. The Labute approximate surface area is 125 Å². The van der Waals surface area contributed by atoms with Crippen LogP contribution in [0.2, 0.25) is 0 Å². The van der Waals surface area contributed by atoms with Gasteiger partial charge >= 0.3 is 0 Å².